The van der Waals surface area contributed by atoms with Gasteiger partial charge < -0.3 is 9.09 Å². The van der Waals surface area contributed by atoms with Gasteiger partial charge >= 0.3 is 0 Å². The number of aromatic nitrogens is 5. The fraction of sp³-hybridized carbons (Fsp3) is 0.500. The van der Waals surface area contributed by atoms with Gasteiger partial charge in [-0.05, 0) is 27.7 Å². The lowest BCUT2D eigenvalue weighted by molar-refractivity contribution is 0.391. The number of rotatable bonds is 3. The Morgan fingerprint density at radius 2 is 1.95 bits per heavy atom. The SMILES string of the molecule is Cc1noc(C)c1C(C)n1c(CCl)nc2c(C)nn(C)c21. The molecule has 3 aromatic heterocycles. The van der Waals surface area contributed by atoms with E-state index in [4.69, 9.17) is 16.1 Å². The minimum Gasteiger partial charge on any atom is -0.361 e. The van der Waals surface area contributed by atoms with E-state index in [0.29, 0.717) is 5.88 Å². The molecular formula is C14H18ClN5O. The summed E-state index contributed by atoms with van der Waals surface area (Å²) >= 11 is 6.10. The molecule has 0 saturated heterocycles. The molecule has 3 rings (SSSR count). The predicted molar refractivity (Wildman–Crippen MR) is 80.6 cm³/mol. The van der Waals surface area contributed by atoms with Crippen molar-refractivity contribution in [2.45, 2.75) is 39.6 Å². The maximum atomic E-state index is 6.10. The topological polar surface area (TPSA) is 61.7 Å². The second-order valence-electron chi connectivity index (χ2n) is 5.33. The number of hydrogen-bond donors (Lipinski definition) is 0. The van der Waals surface area contributed by atoms with Crippen LogP contribution in [0.4, 0.5) is 0 Å². The molecule has 0 aliphatic heterocycles. The zero-order valence-corrected chi connectivity index (χ0v) is 13.6. The normalized spacial score (nSPS) is 13.2. The highest BCUT2D eigenvalue weighted by atomic mass is 35.5. The lowest BCUT2D eigenvalue weighted by atomic mass is 10.1. The number of halogens is 1. The third-order valence-electron chi connectivity index (χ3n) is 3.92. The Hall–Kier alpha value is -1.82. The van der Waals surface area contributed by atoms with Gasteiger partial charge in [0.25, 0.3) is 0 Å². The molecule has 112 valence electrons. The van der Waals surface area contributed by atoms with Crippen molar-refractivity contribution in [1.82, 2.24) is 24.5 Å². The highest BCUT2D eigenvalue weighted by molar-refractivity contribution is 6.16. The van der Waals surface area contributed by atoms with Crippen LogP contribution in [0.25, 0.3) is 11.2 Å². The van der Waals surface area contributed by atoms with E-state index in [1.165, 1.54) is 0 Å². The second-order valence-corrected chi connectivity index (χ2v) is 5.59. The Balaban J connectivity index is 2.28. The summed E-state index contributed by atoms with van der Waals surface area (Å²) in [6.45, 7) is 7.93. The summed E-state index contributed by atoms with van der Waals surface area (Å²) in [4.78, 5) is 4.64. The monoisotopic (exact) mass is 307 g/mol. The summed E-state index contributed by atoms with van der Waals surface area (Å²) in [5.74, 6) is 2.00. The van der Waals surface area contributed by atoms with Gasteiger partial charge in [0.05, 0.1) is 23.3 Å². The standard InChI is InChI=1S/C14H18ClN5O/c1-7-12(10(4)21-18-7)9(3)20-11(6-15)16-13-8(2)17-19(5)14(13)20/h9H,6H2,1-5H3. The van der Waals surface area contributed by atoms with Gasteiger partial charge in [-0.25, -0.2) is 4.98 Å². The van der Waals surface area contributed by atoms with Crippen LogP contribution in [0.15, 0.2) is 4.52 Å². The van der Waals surface area contributed by atoms with E-state index in [2.05, 4.69) is 26.7 Å². The molecule has 0 fully saturated rings. The molecule has 1 unspecified atom stereocenters. The highest BCUT2D eigenvalue weighted by Gasteiger charge is 2.25. The van der Waals surface area contributed by atoms with Gasteiger partial charge in [0.2, 0.25) is 0 Å². The van der Waals surface area contributed by atoms with Crippen LogP contribution in [-0.4, -0.2) is 24.5 Å². The Labute approximate surface area is 127 Å². The van der Waals surface area contributed by atoms with Gasteiger partial charge in [-0.2, -0.15) is 5.10 Å². The molecule has 1 atom stereocenters. The maximum Gasteiger partial charge on any atom is 0.159 e. The first-order valence-electron chi connectivity index (χ1n) is 6.84. The van der Waals surface area contributed by atoms with Crippen LogP contribution >= 0.6 is 11.6 Å². The number of hydrogen-bond acceptors (Lipinski definition) is 4. The van der Waals surface area contributed by atoms with E-state index in [9.17, 15) is 0 Å². The molecule has 0 saturated carbocycles. The molecule has 3 aromatic rings. The Morgan fingerprint density at radius 1 is 1.24 bits per heavy atom. The molecule has 0 aliphatic rings. The Kier molecular flexibility index (Phi) is 3.28. The first-order chi connectivity index (χ1) is 9.95. The summed E-state index contributed by atoms with van der Waals surface area (Å²) in [6, 6.07) is 0.0322. The molecule has 0 N–H and O–H groups in total. The van der Waals surface area contributed by atoms with Crippen molar-refractivity contribution < 1.29 is 4.52 Å². The number of aryl methyl sites for hydroxylation is 4. The zero-order chi connectivity index (χ0) is 15.3. The van der Waals surface area contributed by atoms with E-state index in [-0.39, 0.29) is 6.04 Å². The zero-order valence-electron chi connectivity index (χ0n) is 12.8. The number of fused-ring (bicyclic) bond motifs is 1. The van der Waals surface area contributed by atoms with Crippen LogP contribution < -0.4 is 0 Å². The molecule has 6 nitrogen and oxygen atoms in total. The summed E-state index contributed by atoms with van der Waals surface area (Å²) < 4.78 is 9.27. The summed E-state index contributed by atoms with van der Waals surface area (Å²) in [5, 5.41) is 8.49. The van der Waals surface area contributed by atoms with Crippen LogP contribution in [0.3, 0.4) is 0 Å². The van der Waals surface area contributed by atoms with Crippen molar-refractivity contribution in [1.29, 1.82) is 0 Å². The van der Waals surface area contributed by atoms with Crippen LogP contribution in [0.2, 0.25) is 0 Å². The minimum atomic E-state index is 0.0322. The maximum absolute atomic E-state index is 6.10. The highest BCUT2D eigenvalue weighted by Crippen LogP contribution is 2.31. The van der Waals surface area contributed by atoms with Crippen molar-refractivity contribution in [2.75, 3.05) is 0 Å². The fourth-order valence-electron chi connectivity index (χ4n) is 3.06. The van der Waals surface area contributed by atoms with Gasteiger partial charge in [-0.3, -0.25) is 4.68 Å². The summed E-state index contributed by atoms with van der Waals surface area (Å²) in [5.41, 5.74) is 4.73. The van der Waals surface area contributed by atoms with Crippen molar-refractivity contribution in [3.8, 4) is 0 Å². The number of nitrogens with zero attached hydrogens (tertiary/aromatic N) is 5. The predicted octanol–water partition coefficient (Wildman–Crippen LogP) is 3.03. The largest absolute Gasteiger partial charge is 0.361 e. The lowest BCUT2D eigenvalue weighted by Gasteiger charge is -2.17. The lowest BCUT2D eigenvalue weighted by Crippen LogP contribution is -2.13. The molecule has 0 amide bonds. The van der Waals surface area contributed by atoms with Gasteiger partial charge in [0.15, 0.2) is 5.65 Å². The molecule has 0 spiro atoms. The van der Waals surface area contributed by atoms with E-state index in [1.54, 1.807) is 0 Å². The molecule has 0 radical (unpaired) electrons. The molecule has 0 aromatic carbocycles. The third kappa shape index (κ3) is 1.97. The van der Waals surface area contributed by atoms with Gasteiger partial charge in [-0.15, -0.1) is 11.6 Å². The van der Waals surface area contributed by atoms with Gasteiger partial charge in [-0.1, -0.05) is 5.16 Å². The molecule has 21 heavy (non-hydrogen) atoms. The van der Waals surface area contributed by atoms with Crippen LogP contribution in [-0.2, 0) is 12.9 Å². The molecule has 3 heterocycles. The molecular weight excluding hydrogens is 290 g/mol. The number of imidazole rings is 1. The Bertz CT molecular complexity index is 794. The Morgan fingerprint density at radius 3 is 2.52 bits per heavy atom. The van der Waals surface area contributed by atoms with Crippen LogP contribution in [0, 0.1) is 20.8 Å². The van der Waals surface area contributed by atoms with E-state index in [1.807, 2.05) is 32.5 Å². The minimum absolute atomic E-state index is 0.0322. The smallest absolute Gasteiger partial charge is 0.159 e. The first-order valence-corrected chi connectivity index (χ1v) is 7.38. The molecule has 7 heteroatoms. The van der Waals surface area contributed by atoms with Crippen LogP contribution in [0.5, 0.6) is 0 Å². The first kappa shape index (κ1) is 14.1. The third-order valence-corrected chi connectivity index (χ3v) is 4.16. The quantitative estimate of drug-likeness (QED) is 0.698. The average Bonchev–Trinajstić information content (AvgIpc) is 3.05. The van der Waals surface area contributed by atoms with Crippen molar-refractivity contribution in [3.63, 3.8) is 0 Å². The summed E-state index contributed by atoms with van der Waals surface area (Å²) in [6.07, 6.45) is 0. The van der Waals surface area contributed by atoms with Gasteiger partial charge in [0.1, 0.15) is 17.1 Å². The fourth-order valence-corrected chi connectivity index (χ4v) is 3.25. The second kappa shape index (κ2) is 4.87. The average molecular weight is 308 g/mol. The summed E-state index contributed by atoms with van der Waals surface area (Å²) in [7, 11) is 1.92. The van der Waals surface area contributed by atoms with Gasteiger partial charge in [0, 0.05) is 12.6 Å². The van der Waals surface area contributed by atoms with E-state index in [0.717, 1.165) is 39.7 Å². The number of alkyl halides is 1. The van der Waals surface area contributed by atoms with E-state index < -0.39 is 0 Å². The molecule has 0 aliphatic carbocycles. The van der Waals surface area contributed by atoms with Crippen molar-refractivity contribution >= 4 is 22.8 Å². The van der Waals surface area contributed by atoms with Crippen molar-refractivity contribution in [3.05, 3.63) is 28.5 Å². The van der Waals surface area contributed by atoms with E-state index >= 15 is 0 Å². The van der Waals surface area contributed by atoms with Crippen molar-refractivity contribution in [2.24, 2.45) is 7.05 Å². The van der Waals surface area contributed by atoms with Crippen LogP contribution in [0.1, 0.15) is 41.5 Å². The molecule has 0 bridgehead atoms.